The Kier molecular flexibility index (Phi) is 5.36. The van der Waals surface area contributed by atoms with Crippen LogP contribution in [-0.4, -0.2) is 63.8 Å². The van der Waals surface area contributed by atoms with Gasteiger partial charge in [0.15, 0.2) is 5.82 Å². The lowest BCUT2D eigenvalue weighted by atomic mass is 10.0. The summed E-state index contributed by atoms with van der Waals surface area (Å²) in [5.74, 6) is 2.49. The van der Waals surface area contributed by atoms with Gasteiger partial charge in [0.25, 0.3) is 0 Å². The third-order valence-electron chi connectivity index (χ3n) is 4.88. The molecular weight excluding hydrogens is 358 g/mol. The van der Waals surface area contributed by atoms with Crippen LogP contribution < -0.4 is 5.32 Å². The van der Waals surface area contributed by atoms with Crippen LogP contribution in [0.1, 0.15) is 23.5 Å². The first kappa shape index (κ1) is 18.6. The highest BCUT2D eigenvalue weighted by molar-refractivity contribution is 6.08. The fraction of sp³-hybridized carbons (Fsp3) is 0.474. The molecule has 0 amide bonds. The number of methoxy groups -OCH3 is 2. The zero-order valence-electron chi connectivity index (χ0n) is 16.5. The van der Waals surface area contributed by atoms with Gasteiger partial charge in [0.2, 0.25) is 5.95 Å². The summed E-state index contributed by atoms with van der Waals surface area (Å²) in [5, 5.41) is 7.67. The van der Waals surface area contributed by atoms with Gasteiger partial charge in [-0.1, -0.05) is 0 Å². The number of rotatable bonds is 8. The van der Waals surface area contributed by atoms with Gasteiger partial charge in [0.05, 0.1) is 36.3 Å². The Bertz CT molecular complexity index is 1010. The molecule has 0 spiro atoms. The standard InChI is InChI=1S/C19H25N7O2/c1-13-22-16-5-4-15(23-18(16)25(13)9-11-28-3)14-6-8-26-17(14)12-21-19(24-26)20-7-10-27-2/h6,8,12H,4-5,7,9-11H2,1-3H3,(H,20,24). The molecule has 0 bridgehead atoms. The molecule has 28 heavy (non-hydrogen) atoms. The van der Waals surface area contributed by atoms with Crippen molar-refractivity contribution in [1.82, 2.24) is 24.1 Å². The maximum Gasteiger partial charge on any atom is 0.241 e. The zero-order valence-corrected chi connectivity index (χ0v) is 16.5. The van der Waals surface area contributed by atoms with Gasteiger partial charge < -0.3 is 19.4 Å². The smallest absolute Gasteiger partial charge is 0.241 e. The minimum Gasteiger partial charge on any atom is -0.383 e. The fourth-order valence-electron chi connectivity index (χ4n) is 3.46. The molecule has 148 valence electrons. The summed E-state index contributed by atoms with van der Waals surface area (Å²) in [7, 11) is 3.38. The molecular formula is C19H25N7O2. The zero-order chi connectivity index (χ0) is 19.5. The lowest BCUT2D eigenvalue weighted by Gasteiger charge is -2.14. The summed E-state index contributed by atoms with van der Waals surface area (Å²) >= 11 is 0. The second-order valence-electron chi connectivity index (χ2n) is 6.69. The van der Waals surface area contributed by atoms with Gasteiger partial charge in [-0.2, -0.15) is 0 Å². The first-order chi connectivity index (χ1) is 13.7. The topological polar surface area (TPSA) is 90.9 Å². The highest BCUT2D eigenvalue weighted by Gasteiger charge is 2.22. The first-order valence-corrected chi connectivity index (χ1v) is 9.41. The highest BCUT2D eigenvalue weighted by Crippen LogP contribution is 2.30. The molecule has 0 saturated heterocycles. The number of anilines is 1. The molecule has 0 atom stereocenters. The van der Waals surface area contributed by atoms with Crippen molar-refractivity contribution in [2.24, 2.45) is 4.99 Å². The molecule has 0 saturated carbocycles. The average molecular weight is 383 g/mol. The molecule has 0 aromatic carbocycles. The number of nitrogens with one attached hydrogen (secondary N) is 1. The van der Waals surface area contributed by atoms with Gasteiger partial charge in [0.1, 0.15) is 5.82 Å². The molecule has 4 heterocycles. The number of imidazole rings is 1. The Morgan fingerprint density at radius 2 is 2.04 bits per heavy atom. The van der Waals surface area contributed by atoms with E-state index >= 15 is 0 Å². The Labute approximate surface area is 163 Å². The van der Waals surface area contributed by atoms with E-state index in [0.29, 0.717) is 25.7 Å². The van der Waals surface area contributed by atoms with E-state index in [-0.39, 0.29) is 0 Å². The minimum atomic E-state index is 0.577. The van der Waals surface area contributed by atoms with Crippen LogP contribution in [0.5, 0.6) is 0 Å². The molecule has 1 aliphatic heterocycles. The SMILES string of the molecule is COCCNc1ncc2c(C3=Nc4c(nc(C)n4CCOC)CC3)ccn2n1. The van der Waals surface area contributed by atoms with E-state index in [0.717, 1.165) is 53.5 Å². The van der Waals surface area contributed by atoms with E-state index in [4.69, 9.17) is 14.5 Å². The average Bonchev–Trinajstić information content (AvgIpc) is 3.26. The lowest BCUT2D eigenvalue weighted by molar-refractivity contribution is 0.187. The van der Waals surface area contributed by atoms with Crippen LogP contribution in [-0.2, 0) is 22.4 Å². The molecule has 1 N–H and O–H groups in total. The monoisotopic (exact) mass is 383 g/mol. The Hall–Kier alpha value is -2.78. The van der Waals surface area contributed by atoms with Gasteiger partial charge in [-0.25, -0.2) is 19.5 Å². The number of aliphatic imine (C=N–C) groups is 1. The number of fused-ring (bicyclic) bond motifs is 2. The fourth-order valence-corrected chi connectivity index (χ4v) is 3.46. The predicted octanol–water partition coefficient (Wildman–Crippen LogP) is 2.01. The third-order valence-corrected chi connectivity index (χ3v) is 4.88. The maximum atomic E-state index is 5.23. The van der Waals surface area contributed by atoms with Crippen LogP contribution in [0.15, 0.2) is 23.5 Å². The number of aryl methyl sites for hydroxylation is 2. The van der Waals surface area contributed by atoms with E-state index in [9.17, 15) is 0 Å². The predicted molar refractivity (Wildman–Crippen MR) is 107 cm³/mol. The summed E-state index contributed by atoms with van der Waals surface area (Å²) in [6, 6.07) is 2.05. The second-order valence-corrected chi connectivity index (χ2v) is 6.69. The largest absolute Gasteiger partial charge is 0.383 e. The van der Waals surface area contributed by atoms with Gasteiger partial charge in [-0.3, -0.25) is 0 Å². The van der Waals surface area contributed by atoms with Gasteiger partial charge in [0, 0.05) is 39.1 Å². The van der Waals surface area contributed by atoms with Crippen LogP contribution in [0.4, 0.5) is 11.8 Å². The lowest BCUT2D eigenvalue weighted by Crippen LogP contribution is -2.12. The number of aromatic nitrogens is 5. The quantitative estimate of drug-likeness (QED) is 0.599. The Morgan fingerprint density at radius 3 is 2.86 bits per heavy atom. The molecule has 3 aromatic rings. The molecule has 0 radical (unpaired) electrons. The van der Waals surface area contributed by atoms with Gasteiger partial charge in [-0.05, 0) is 25.8 Å². The van der Waals surface area contributed by atoms with Crippen LogP contribution in [0.2, 0.25) is 0 Å². The molecule has 0 fully saturated rings. The van der Waals surface area contributed by atoms with Crippen molar-refractivity contribution in [3.63, 3.8) is 0 Å². The van der Waals surface area contributed by atoms with Crippen LogP contribution in [0.25, 0.3) is 5.52 Å². The minimum absolute atomic E-state index is 0.577. The van der Waals surface area contributed by atoms with E-state index in [1.54, 1.807) is 14.2 Å². The van der Waals surface area contributed by atoms with Crippen molar-refractivity contribution in [2.75, 3.05) is 39.3 Å². The van der Waals surface area contributed by atoms with Crippen molar-refractivity contribution >= 4 is 23.0 Å². The molecule has 0 aliphatic carbocycles. The molecule has 0 unspecified atom stereocenters. The van der Waals surface area contributed by atoms with Gasteiger partial charge >= 0.3 is 0 Å². The van der Waals surface area contributed by atoms with Crippen molar-refractivity contribution in [1.29, 1.82) is 0 Å². The molecule has 9 heteroatoms. The number of hydrogen-bond acceptors (Lipinski definition) is 7. The molecule has 1 aliphatic rings. The molecule has 9 nitrogen and oxygen atoms in total. The normalized spacial score (nSPS) is 13.6. The van der Waals surface area contributed by atoms with Crippen LogP contribution >= 0.6 is 0 Å². The van der Waals surface area contributed by atoms with E-state index < -0.39 is 0 Å². The maximum absolute atomic E-state index is 5.23. The summed E-state index contributed by atoms with van der Waals surface area (Å²) in [6.45, 7) is 4.67. The van der Waals surface area contributed by atoms with E-state index in [1.165, 1.54) is 0 Å². The molecule has 4 rings (SSSR count). The summed E-state index contributed by atoms with van der Waals surface area (Å²) in [4.78, 5) is 14.1. The second kappa shape index (κ2) is 8.07. The van der Waals surface area contributed by atoms with Crippen molar-refractivity contribution in [2.45, 2.75) is 26.3 Å². The van der Waals surface area contributed by atoms with Crippen molar-refractivity contribution in [3.05, 3.63) is 35.5 Å². The van der Waals surface area contributed by atoms with Crippen molar-refractivity contribution in [3.8, 4) is 0 Å². The summed E-state index contributed by atoms with van der Waals surface area (Å²) < 4.78 is 14.2. The number of nitrogens with zero attached hydrogens (tertiary/aromatic N) is 6. The summed E-state index contributed by atoms with van der Waals surface area (Å²) in [6.07, 6.45) is 5.51. The Balaban J connectivity index is 1.64. The number of hydrogen-bond donors (Lipinski definition) is 1. The first-order valence-electron chi connectivity index (χ1n) is 9.41. The Morgan fingerprint density at radius 1 is 1.18 bits per heavy atom. The number of ether oxygens (including phenoxy) is 2. The van der Waals surface area contributed by atoms with Crippen LogP contribution in [0, 0.1) is 6.92 Å². The van der Waals surface area contributed by atoms with E-state index in [1.807, 2.05) is 23.8 Å². The highest BCUT2D eigenvalue weighted by atomic mass is 16.5. The summed E-state index contributed by atoms with van der Waals surface area (Å²) in [5.41, 5.74) is 4.10. The molecule has 3 aromatic heterocycles. The van der Waals surface area contributed by atoms with Crippen molar-refractivity contribution < 1.29 is 9.47 Å². The van der Waals surface area contributed by atoms with Gasteiger partial charge in [-0.15, -0.1) is 5.10 Å². The third kappa shape index (κ3) is 3.50. The van der Waals surface area contributed by atoms with E-state index in [2.05, 4.69) is 31.0 Å². The van der Waals surface area contributed by atoms with Crippen LogP contribution in [0.3, 0.4) is 0 Å².